The molecule has 0 bridgehead atoms. The fourth-order valence-corrected chi connectivity index (χ4v) is 7.96. The summed E-state index contributed by atoms with van der Waals surface area (Å²) in [6.45, 7) is 5.02. The zero-order valence-corrected chi connectivity index (χ0v) is 23.5. The van der Waals surface area contributed by atoms with Crippen molar-refractivity contribution >= 4 is 16.8 Å². The molecule has 0 amide bonds. The van der Waals surface area contributed by atoms with Crippen molar-refractivity contribution < 1.29 is 32.7 Å². The lowest BCUT2D eigenvalue weighted by Crippen LogP contribution is -2.12. The van der Waals surface area contributed by atoms with Crippen LogP contribution in [0.2, 0.25) is 0 Å². The van der Waals surface area contributed by atoms with Crippen LogP contribution in [-0.4, -0.2) is 40.0 Å². The first-order valence-electron chi connectivity index (χ1n) is 13.8. The lowest BCUT2D eigenvalue weighted by Gasteiger charge is -2.19. The first-order valence-corrected chi connectivity index (χ1v) is 15.3. The second-order valence-corrected chi connectivity index (χ2v) is 12.8. The van der Waals surface area contributed by atoms with Gasteiger partial charge in [-0.25, -0.2) is 4.39 Å². The van der Waals surface area contributed by atoms with Gasteiger partial charge in [0.05, 0.1) is 19.6 Å². The SMILES string of the molecule is Cc1cc(OCC2CCS(=O)C2)cc(C)c1-c1ccc(F)c2c1CC[C@H]2Oc1ccc2c(c1)OC[C@H]2CC(=O)O. The Balaban J connectivity index is 1.23. The number of carboxylic acid groups (broad SMARTS) is 1. The summed E-state index contributed by atoms with van der Waals surface area (Å²) < 4.78 is 45.1. The van der Waals surface area contributed by atoms with Crippen LogP contribution < -0.4 is 14.2 Å². The second kappa shape index (κ2) is 10.9. The molecule has 4 atom stereocenters. The van der Waals surface area contributed by atoms with Gasteiger partial charge in [-0.2, -0.15) is 0 Å². The summed E-state index contributed by atoms with van der Waals surface area (Å²) in [4.78, 5) is 11.2. The van der Waals surface area contributed by atoms with E-state index in [9.17, 15) is 9.00 Å². The van der Waals surface area contributed by atoms with Gasteiger partial charge in [-0.1, -0.05) is 12.1 Å². The highest BCUT2D eigenvalue weighted by molar-refractivity contribution is 7.85. The number of carboxylic acids is 1. The third kappa shape index (κ3) is 5.21. The van der Waals surface area contributed by atoms with Gasteiger partial charge in [-0.3, -0.25) is 9.00 Å². The highest BCUT2D eigenvalue weighted by Gasteiger charge is 2.32. The van der Waals surface area contributed by atoms with E-state index in [1.165, 1.54) is 6.07 Å². The molecule has 0 spiro atoms. The second-order valence-electron chi connectivity index (χ2n) is 11.1. The Bertz CT molecular complexity index is 1480. The fraction of sp³-hybridized carbons (Fsp3) is 0.406. The Labute approximate surface area is 235 Å². The minimum Gasteiger partial charge on any atom is -0.493 e. The Hall–Kier alpha value is -3.39. The normalized spacial score (nSPS) is 23.0. The molecule has 8 heteroatoms. The monoisotopic (exact) mass is 564 g/mol. The summed E-state index contributed by atoms with van der Waals surface area (Å²) in [6.07, 6.45) is 1.89. The summed E-state index contributed by atoms with van der Waals surface area (Å²) in [5.74, 6) is 2.52. The lowest BCUT2D eigenvalue weighted by molar-refractivity contribution is -0.137. The predicted octanol–water partition coefficient (Wildman–Crippen LogP) is 6.27. The van der Waals surface area contributed by atoms with Crippen molar-refractivity contribution in [1.29, 1.82) is 0 Å². The minimum atomic E-state index is -0.855. The van der Waals surface area contributed by atoms with E-state index in [2.05, 4.69) is 13.8 Å². The molecule has 3 aliphatic rings. The van der Waals surface area contributed by atoms with E-state index >= 15 is 4.39 Å². The van der Waals surface area contributed by atoms with Crippen LogP contribution in [0.3, 0.4) is 0 Å². The van der Waals surface area contributed by atoms with Crippen LogP contribution in [0.5, 0.6) is 17.2 Å². The van der Waals surface area contributed by atoms with E-state index in [4.69, 9.17) is 19.3 Å². The third-order valence-corrected chi connectivity index (χ3v) is 9.82. The maximum absolute atomic E-state index is 15.3. The van der Waals surface area contributed by atoms with E-state index < -0.39 is 22.9 Å². The van der Waals surface area contributed by atoms with Crippen molar-refractivity contribution in [1.82, 2.24) is 0 Å². The number of carbonyl (C=O) groups is 1. The van der Waals surface area contributed by atoms with Gasteiger partial charge < -0.3 is 19.3 Å². The van der Waals surface area contributed by atoms with Crippen LogP contribution in [0.25, 0.3) is 11.1 Å². The molecule has 1 saturated heterocycles. The zero-order valence-electron chi connectivity index (χ0n) is 22.7. The molecule has 0 radical (unpaired) electrons. The average Bonchev–Trinajstić information content (AvgIpc) is 3.63. The van der Waals surface area contributed by atoms with Crippen molar-refractivity contribution in [3.8, 4) is 28.4 Å². The molecular formula is C32H33FO6S. The number of rotatable bonds is 8. The van der Waals surface area contributed by atoms with Gasteiger partial charge in [0, 0.05) is 51.3 Å². The van der Waals surface area contributed by atoms with Crippen molar-refractivity contribution in [2.24, 2.45) is 5.92 Å². The van der Waals surface area contributed by atoms with Gasteiger partial charge in [-0.05, 0) is 85.2 Å². The molecule has 210 valence electrons. The first kappa shape index (κ1) is 26.8. The van der Waals surface area contributed by atoms with Crippen LogP contribution in [0.15, 0.2) is 42.5 Å². The standard InChI is InChI=1S/C32H33FO6S/c1-18-11-23(37-15-20-9-10-40(36)17-20)12-19(2)31(18)25-5-7-27(33)32-26(25)6-8-28(32)39-22-3-4-24-21(13-30(34)35)16-38-29(24)14-22/h3-5,7,11-12,14,20-21,28H,6,8-10,13,15-17H2,1-2H3,(H,34,35)/t20?,21-,28-,40?/m1/s1. The molecular weight excluding hydrogens is 531 g/mol. The number of hydrogen-bond acceptors (Lipinski definition) is 5. The molecule has 1 aliphatic carbocycles. The number of fused-ring (bicyclic) bond motifs is 2. The van der Waals surface area contributed by atoms with E-state index in [0.29, 0.717) is 54.8 Å². The Morgan fingerprint density at radius 2 is 1.90 bits per heavy atom. The number of ether oxygens (including phenoxy) is 3. The van der Waals surface area contributed by atoms with Crippen molar-refractivity contribution in [3.05, 3.63) is 76.1 Å². The summed E-state index contributed by atoms with van der Waals surface area (Å²) >= 11 is 0. The van der Waals surface area contributed by atoms with Gasteiger partial charge in [-0.15, -0.1) is 0 Å². The molecule has 2 heterocycles. The van der Waals surface area contributed by atoms with Crippen LogP contribution in [0, 0.1) is 25.6 Å². The minimum absolute atomic E-state index is 0.0196. The summed E-state index contributed by atoms with van der Waals surface area (Å²) in [6, 6.07) is 12.9. The van der Waals surface area contributed by atoms with Crippen LogP contribution >= 0.6 is 0 Å². The van der Waals surface area contributed by atoms with Crippen LogP contribution in [0.4, 0.5) is 4.39 Å². The van der Waals surface area contributed by atoms with Crippen LogP contribution in [0.1, 0.15) is 59.1 Å². The Morgan fingerprint density at radius 3 is 2.62 bits per heavy atom. The molecule has 6 rings (SSSR count). The predicted molar refractivity (Wildman–Crippen MR) is 151 cm³/mol. The molecule has 1 fully saturated rings. The zero-order chi connectivity index (χ0) is 28.0. The lowest BCUT2D eigenvalue weighted by atomic mass is 9.90. The van der Waals surface area contributed by atoms with E-state index in [1.54, 1.807) is 6.07 Å². The van der Waals surface area contributed by atoms with Gasteiger partial charge >= 0.3 is 5.97 Å². The average molecular weight is 565 g/mol. The highest BCUT2D eigenvalue weighted by atomic mass is 32.2. The largest absolute Gasteiger partial charge is 0.493 e. The molecule has 6 nitrogen and oxygen atoms in total. The molecule has 3 aromatic carbocycles. The summed E-state index contributed by atoms with van der Waals surface area (Å²) in [5, 5.41) is 9.16. The molecule has 2 unspecified atom stereocenters. The Morgan fingerprint density at radius 1 is 1.10 bits per heavy atom. The van der Waals surface area contributed by atoms with Crippen molar-refractivity contribution in [2.45, 2.75) is 51.6 Å². The smallest absolute Gasteiger partial charge is 0.304 e. The molecule has 3 aromatic rings. The number of hydrogen-bond donors (Lipinski definition) is 1. The number of benzene rings is 3. The molecule has 0 aromatic heterocycles. The highest BCUT2D eigenvalue weighted by Crippen LogP contribution is 2.45. The van der Waals surface area contributed by atoms with Crippen LogP contribution in [-0.2, 0) is 22.0 Å². The van der Waals surface area contributed by atoms with Gasteiger partial charge in [0.15, 0.2) is 0 Å². The number of halogens is 1. The van der Waals surface area contributed by atoms with Gasteiger partial charge in [0.25, 0.3) is 0 Å². The van der Waals surface area contributed by atoms with E-state index in [1.807, 2.05) is 30.3 Å². The van der Waals surface area contributed by atoms with E-state index in [-0.39, 0.29) is 18.2 Å². The molecule has 2 aliphatic heterocycles. The molecule has 40 heavy (non-hydrogen) atoms. The Kier molecular flexibility index (Phi) is 7.29. The fourth-order valence-electron chi connectivity index (χ4n) is 6.40. The summed E-state index contributed by atoms with van der Waals surface area (Å²) in [5.41, 5.74) is 6.66. The molecule has 1 N–H and O–H groups in total. The van der Waals surface area contributed by atoms with Gasteiger partial charge in [0.2, 0.25) is 0 Å². The van der Waals surface area contributed by atoms with Gasteiger partial charge in [0.1, 0.15) is 29.2 Å². The van der Waals surface area contributed by atoms with E-state index in [0.717, 1.165) is 51.3 Å². The number of aliphatic carboxylic acids is 1. The first-order chi connectivity index (χ1) is 19.3. The maximum Gasteiger partial charge on any atom is 0.304 e. The maximum atomic E-state index is 15.3. The topological polar surface area (TPSA) is 82.1 Å². The number of aryl methyl sites for hydroxylation is 2. The summed E-state index contributed by atoms with van der Waals surface area (Å²) in [7, 11) is -0.717. The quantitative estimate of drug-likeness (QED) is 0.347. The van der Waals surface area contributed by atoms with Crippen molar-refractivity contribution in [2.75, 3.05) is 24.7 Å². The third-order valence-electron chi connectivity index (χ3n) is 8.28. The van der Waals surface area contributed by atoms with Crippen molar-refractivity contribution in [3.63, 3.8) is 0 Å². The molecule has 0 saturated carbocycles.